The molecule has 0 aliphatic carbocycles. The van der Waals surface area contributed by atoms with E-state index in [0.717, 1.165) is 19.4 Å². The number of oxazole rings is 1. The van der Waals surface area contributed by atoms with Crippen LogP contribution in [0.15, 0.2) is 10.8 Å². The van der Waals surface area contributed by atoms with E-state index in [4.69, 9.17) is 13.9 Å². The summed E-state index contributed by atoms with van der Waals surface area (Å²) in [5.41, 5.74) is 0.275. The molecule has 1 saturated heterocycles. The standard InChI is InChI=1S/C11H15NO4/c1-2-14-11(13)10-9(16-7-12-10)6-8-4-3-5-15-8/h7-8H,2-6H2,1H3. The molecule has 0 aromatic carbocycles. The molecular formula is C11H15NO4. The summed E-state index contributed by atoms with van der Waals surface area (Å²) < 4.78 is 15.6. The minimum atomic E-state index is -0.427. The number of hydrogen-bond acceptors (Lipinski definition) is 5. The molecule has 1 atom stereocenters. The van der Waals surface area contributed by atoms with E-state index in [1.807, 2.05) is 0 Å². The van der Waals surface area contributed by atoms with E-state index in [-0.39, 0.29) is 11.8 Å². The lowest BCUT2D eigenvalue weighted by Crippen LogP contribution is -2.13. The molecule has 0 amide bonds. The maximum absolute atomic E-state index is 11.5. The van der Waals surface area contributed by atoms with Crippen molar-refractivity contribution in [3.8, 4) is 0 Å². The van der Waals surface area contributed by atoms with Crippen molar-refractivity contribution >= 4 is 5.97 Å². The summed E-state index contributed by atoms with van der Waals surface area (Å²) in [4.78, 5) is 15.4. The van der Waals surface area contributed by atoms with Crippen molar-refractivity contribution in [2.45, 2.75) is 32.3 Å². The summed E-state index contributed by atoms with van der Waals surface area (Å²) in [7, 11) is 0. The Morgan fingerprint density at radius 1 is 1.69 bits per heavy atom. The Labute approximate surface area is 93.7 Å². The zero-order chi connectivity index (χ0) is 11.4. The number of carbonyl (C=O) groups is 1. The van der Waals surface area contributed by atoms with Crippen LogP contribution in [0.25, 0.3) is 0 Å². The predicted octanol–water partition coefficient (Wildman–Crippen LogP) is 1.57. The van der Waals surface area contributed by atoms with Crippen LogP contribution >= 0.6 is 0 Å². The van der Waals surface area contributed by atoms with E-state index in [9.17, 15) is 4.79 Å². The van der Waals surface area contributed by atoms with Gasteiger partial charge >= 0.3 is 5.97 Å². The highest BCUT2D eigenvalue weighted by molar-refractivity contribution is 5.88. The Bertz CT molecular complexity index is 355. The van der Waals surface area contributed by atoms with E-state index in [0.29, 0.717) is 18.8 Å². The molecule has 1 aliphatic heterocycles. The highest BCUT2D eigenvalue weighted by Crippen LogP contribution is 2.19. The Morgan fingerprint density at radius 2 is 2.56 bits per heavy atom. The lowest BCUT2D eigenvalue weighted by Gasteiger charge is -2.07. The molecule has 5 heteroatoms. The van der Waals surface area contributed by atoms with Gasteiger partial charge in [0.2, 0.25) is 0 Å². The minimum absolute atomic E-state index is 0.140. The predicted molar refractivity (Wildman–Crippen MR) is 55.1 cm³/mol. The first-order valence-electron chi connectivity index (χ1n) is 5.52. The molecule has 1 aliphatic rings. The van der Waals surface area contributed by atoms with Crippen LogP contribution in [0.4, 0.5) is 0 Å². The Morgan fingerprint density at radius 3 is 3.25 bits per heavy atom. The van der Waals surface area contributed by atoms with Gasteiger partial charge in [-0.15, -0.1) is 0 Å². The van der Waals surface area contributed by atoms with Crippen LogP contribution in [-0.2, 0) is 15.9 Å². The van der Waals surface area contributed by atoms with Crippen LogP contribution in [-0.4, -0.2) is 30.3 Å². The van der Waals surface area contributed by atoms with Crippen LogP contribution in [0.5, 0.6) is 0 Å². The van der Waals surface area contributed by atoms with Gasteiger partial charge < -0.3 is 13.9 Å². The summed E-state index contributed by atoms with van der Waals surface area (Å²) >= 11 is 0. The van der Waals surface area contributed by atoms with E-state index in [2.05, 4.69) is 4.98 Å². The van der Waals surface area contributed by atoms with Gasteiger partial charge in [-0.25, -0.2) is 9.78 Å². The molecule has 1 unspecified atom stereocenters. The van der Waals surface area contributed by atoms with Gasteiger partial charge in [0.05, 0.1) is 12.7 Å². The molecule has 16 heavy (non-hydrogen) atoms. The zero-order valence-corrected chi connectivity index (χ0v) is 9.27. The fraction of sp³-hybridized carbons (Fsp3) is 0.636. The van der Waals surface area contributed by atoms with E-state index in [1.165, 1.54) is 6.39 Å². The van der Waals surface area contributed by atoms with Crippen molar-refractivity contribution in [3.63, 3.8) is 0 Å². The average molecular weight is 225 g/mol. The third kappa shape index (κ3) is 2.41. The van der Waals surface area contributed by atoms with Gasteiger partial charge in [-0.05, 0) is 19.8 Å². The van der Waals surface area contributed by atoms with E-state index in [1.54, 1.807) is 6.92 Å². The summed E-state index contributed by atoms with van der Waals surface area (Å²) in [6.45, 7) is 2.89. The number of ether oxygens (including phenoxy) is 2. The fourth-order valence-corrected chi connectivity index (χ4v) is 1.79. The van der Waals surface area contributed by atoms with Gasteiger partial charge in [0.25, 0.3) is 0 Å². The molecule has 1 fully saturated rings. The summed E-state index contributed by atoms with van der Waals surface area (Å²) in [6.07, 6.45) is 4.07. The monoisotopic (exact) mass is 225 g/mol. The second kappa shape index (κ2) is 5.12. The molecule has 2 rings (SSSR count). The average Bonchev–Trinajstić information content (AvgIpc) is 2.90. The number of carbonyl (C=O) groups excluding carboxylic acids is 1. The molecule has 0 saturated carbocycles. The van der Waals surface area contributed by atoms with Crippen molar-refractivity contribution in [1.29, 1.82) is 0 Å². The molecule has 2 heterocycles. The number of rotatable bonds is 4. The third-order valence-electron chi connectivity index (χ3n) is 2.55. The van der Waals surface area contributed by atoms with E-state index >= 15 is 0 Å². The quantitative estimate of drug-likeness (QED) is 0.728. The highest BCUT2D eigenvalue weighted by Gasteiger charge is 2.23. The van der Waals surface area contributed by atoms with Crippen molar-refractivity contribution in [2.75, 3.05) is 13.2 Å². The molecule has 88 valence electrons. The van der Waals surface area contributed by atoms with Gasteiger partial charge in [-0.1, -0.05) is 0 Å². The first-order valence-corrected chi connectivity index (χ1v) is 5.52. The van der Waals surface area contributed by atoms with Crippen LogP contribution in [0.3, 0.4) is 0 Å². The van der Waals surface area contributed by atoms with Crippen molar-refractivity contribution in [1.82, 2.24) is 4.98 Å². The Balaban J connectivity index is 2.03. The highest BCUT2D eigenvalue weighted by atomic mass is 16.5. The van der Waals surface area contributed by atoms with E-state index < -0.39 is 5.97 Å². The topological polar surface area (TPSA) is 61.6 Å². The number of esters is 1. The first-order chi connectivity index (χ1) is 7.81. The van der Waals surface area contributed by atoms with Crippen LogP contribution in [0.2, 0.25) is 0 Å². The molecule has 0 bridgehead atoms. The SMILES string of the molecule is CCOC(=O)c1ncoc1CC1CCCO1. The lowest BCUT2D eigenvalue weighted by atomic mass is 10.1. The number of hydrogen-bond donors (Lipinski definition) is 0. The number of aromatic nitrogens is 1. The Kier molecular flexibility index (Phi) is 3.56. The smallest absolute Gasteiger partial charge is 0.360 e. The minimum Gasteiger partial charge on any atom is -0.461 e. The van der Waals surface area contributed by atoms with Gasteiger partial charge in [0, 0.05) is 13.0 Å². The Hall–Kier alpha value is -1.36. The molecule has 1 aromatic heterocycles. The first kappa shape index (κ1) is 11.1. The summed E-state index contributed by atoms with van der Waals surface area (Å²) in [6, 6.07) is 0. The molecule has 0 spiro atoms. The summed E-state index contributed by atoms with van der Waals surface area (Å²) in [5, 5.41) is 0. The maximum atomic E-state index is 11.5. The van der Waals surface area contributed by atoms with Crippen LogP contribution in [0, 0.1) is 0 Å². The van der Waals surface area contributed by atoms with Gasteiger partial charge in [0.1, 0.15) is 5.76 Å². The number of nitrogens with zero attached hydrogens (tertiary/aromatic N) is 1. The molecule has 0 radical (unpaired) electrons. The second-order valence-electron chi connectivity index (χ2n) is 3.68. The lowest BCUT2D eigenvalue weighted by molar-refractivity contribution is 0.0515. The molecule has 0 N–H and O–H groups in total. The normalized spacial score (nSPS) is 19.9. The van der Waals surface area contributed by atoms with Gasteiger partial charge in [-0.3, -0.25) is 0 Å². The molecular weight excluding hydrogens is 210 g/mol. The molecule has 5 nitrogen and oxygen atoms in total. The fourth-order valence-electron chi connectivity index (χ4n) is 1.79. The van der Waals surface area contributed by atoms with Gasteiger partial charge in [0.15, 0.2) is 12.1 Å². The summed E-state index contributed by atoms with van der Waals surface area (Å²) in [5.74, 6) is 0.134. The second-order valence-corrected chi connectivity index (χ2v) is 3.68. The third-order valence-corrected chi connectivity index (χ3v) is 2.55. The van der Waals surface area contributed by atoms with Crippen molar-refractivity contribution < 1.29 is 18.7 Å². The van der Waals surface area contributed by atoms with Gasteiger partial charge in [-0.2, -0.15) is 0 Å². The van der Waals surface area contributed by atoms with Crippen LogP contribution < -0.4 is 0 Å². The largest absolute Gasteiger partial charge is 0.461 e. The molecule has 1 aromatic rings. The van der Waals surface area contributed by atoms with Crippen molar-refractivity contribution in [2.24, 2.45) is 0 Å². The van der Waals surface area contributed by atoms with Crippen LogP contribution in [0.1, 0.15) is 36.0 Å². The van der Waals surface area contributed by atoms with Crippen molar-refractivity contribution in [3.05, 3.63) is 17.8 Å². The maximum Gasteiger partial charge on any atom is 0.360 e. The zero-order valence-electron chi connectivity index (χ0n) is 9.27.